The molecule has 1 atom stereocenters. The van der Waals surface area contributed by atoms with Crippen LogP contribution >= 0.6 is 0 Å². The lowest BCUT2D eigenvalue weighted by Gasteiger charge is -2.19. The lowest BCUT2D eigenvalue weighted by Crippen LogP contribution is -2.49. The monoisotopic (exact) mass is 314 g/mol. The van der Waals surface area contributed by atoms with E-state index in [0.29, 0.717) is 5.69 Å². The average molecular weight is 314 g/mol. The first-order valence-corrected chi connectivity index (χ1v) is 7.67. The summed E-state index contributed by atoms with van der Waals surface area (Å²) >= 11 is 0. The Labute approximate surface area is 135 Å². The van der Waals surface area contributed by atoms with Crippen LogP contribution in [0.5, 0.6) is 0 Å². The third kappa shape index (κ3) is 3.97. The lowest BCUT2D eigenvalue weighted by molar-refractivity contribution is -0.120. The van der Waals surface area contributed by atoms with Gasteiger partial charge in [0.2, 0.25) is 5.91 Å². The quantitative estimate of drug-likeness (QED) is 0.790. The second-order valence-corrected chi connectivity index (χ2v) is 5.75. The summed E-state index contributed by atoms with van der Waals surface area (Å²) in [5.74, 6) is -0.636. The van der Waals surface area contributed by atoms with Gasteiger partial charge in [-0.15, -0.1) is 0 Å². The van der Waals surface area contributed by atoms with E-state index in [4.69, 9.17) is 5.73 Å². The van der Waals surface area contributed by atoms with Gasteiger partial charge in [-0.1, -0.05) is 39.0 Å². The minimum absolute atomic E-state index is 0.0846. The van der Waals surface area contributed by atoms with Crippen LogP contribution in [-0.2, 0) is 11.2 Å². The first-order valence-electron chi connectivity index (χ1n) is 7.67. The molecule has 0 unspecified atom stereocenters. The number of aromatic nitrogens is 1. The molecule has 2 aromatic rings. The molecule has 4 N–H and O–H groups in total. The lowest BCUT2D eigenvalue weighted by atomic mass is 10.0. The topological polar surface area (TPSA) is 97.1 Å². The zero-order valence-electron chi connectivity index (χ0n) is 13.6. The van der Waals surface area contributed by atoms with E-state index >= 15 is 0 Å². The first-order chi connectivity index (χ1) is 10.9. The van der Waals surface area contributed by atoms with E-state index in [9.17, 15) is 9.59 Å². The van der Waals surface area contributed by atoms with Gasteiger partial charge in [0.15, 0.2) is 0 Å². The Morgan fingerprint density at radius 2 is 1.96 bits per heavy atom. The van der Waals surface area contributed by atoms with E-state index in [1.165, 1.54) is 0 Å². The number of amides is 3. The summed E-state index contributed by atoms with van der Waals surface area (Å²) < 4.78 is 0. The van der Waals surface area contributed by atoms with Gasteiger partial charge in [0, 0.05) is 11.1 Å². The Kier molecular flexibility index (Phi) is 5.16. The Morgan fingerprint density at radius 3 is 2.57 bits per heavy atom. The van der Waals surface area contributed by atoms with E-state index in [-0.39, 0.29) is 5.92 Å². The number of nitrogens with one attached hydrogen (secondary N) is 2. The molecule has 0 aliphatic carbocycles. The molecular weight excluding hydrogens is 292 g/mol. The molecule has 0 saturated heterocycles. The van der Waals surface area contributed by atoms with Crippen molar-refractivity contribution in [2.24, 2.45) is 11.7 Å². The molecule has 0 saturated carbocycles. The molecule has 0 aliphatic heterocycles. The SMILES string of the molecule is CCc1cc(NC(=O)N[C@H](C(N)=O)C(C)C)c2ccccc2n1. The molecule has 1 heterocycles. The predicted molar refractivity (Wildman–Crippen MR) is 91.1 cm³/mol. The summed E-state index contributed by atoms with van der Waals surface area (Å²) in [4.78, 5) is 28.2. The Bertz CT molecular complexity index is 728. The summed E-state index contributed by atoms with van der Waals surface area (Å²) in [6.45, 7) is 5.66. The maximum atomic E-state index is 12.2. The molecule has 0 fully saturated rings. The van der Waals surface area contributed by atoms with Crippen molar-refractivity contribution < 1.29 is 9.59 Å². The zero-order valence-corrected chi connectivity index (χ0v) is 13.6. The van der Waals surface area contributed by atoms with Gasteiger partial charge >= 0.3 is 6.03 Å². The summed E-state index contributed by atoms with van der Waals surface area (Å²) in [6, 6.07) is 8.26. The van der Waals surface area contributed by atoms with Gasteiger partial charge in [-0.05, 0) is 24.5 Å². The molecule has 1 aromatic heterocycles. The van der Waals surface area contributed by atoms with E-state index < -0.39 is 18.0 Å². The molecule has 3 amide bonds. The van der Waals surface area contributed by atoms with Crippen LogP contribution in [0.15, 0.2) is 30.3 Å². The molecule has 0 aliphatic rings. The number of benzene rings is 1. The average Bonchev–Trinajstić information content (AvgIpc) is 2.51. The number of rotatable bonds is 5. The van der Waals surface area contributed by atoms with E-state index in [1.807, 2.05) is 51.1 Å². The highest BCUT2D eigenvalue weighted by Crippen LogP contribution is 2.23. The van der Waals surface area contributed by atoms with Crippen LogP contribution < -0.4 is 16.4 Å². The van der Waals surface area contributed by atoms with Crippen LogP contribution in [0.1, 0.15) is 26.5 Å². The molecule has 6 heteroatoms. The summed E-state index contributed by atoms with van der Waals surface area (Å²) in [5, 5.41) is 6.27. The number of fused-ring (bicyclic) bond motifs is 1. The van der Waals surface area contributed by atoms with Crippen molar-refractivity contribution in [2.75, 3.05) is 5.32 Å². The second-order valence-electron chi connectivity index (χ2n) is 5.75. The molecule has 0 radical (unpaired) electrons. The second kappa shape index (κ2) is 7.09. The van der Waals surface area contributed by atoms with Crippen LogP contribution in [0.2, 0.25) is 0 Å². The predicted octanol–water partition coefficient (Wildman–Crippen LogP) is 2.43. The Morgan fingerprint density at radius 1 is 1.26 bits per heavy atom. The highest BCUT2D eigenvalue weighted by Gasteiger charge is 2.21. The van der Waals surface area contributed by atoms with Gasteiger partial charge in [-0.25, -0.2) is 4.79 Å². The largest absolute Gasteiger partial charge is 0.368 e. The number of aryl methyl sites for hydroxylation is 1. The van der Waals surface area contributed by atoms with Gasteiger partial charge in [0.1, 0.15) is 6.04 Å². The third-order valence-electron chi connectivity index (χ3n) is 3.64. The standard InChI is InChI=1S/C17H22N4O2/c1-4-11-9-14(12-7-5-6-8-13(12)19-11)20-17(23)21-15(10(2)3)16(18)22/h5-10,15H,4H2,1-3H3,(H2,18,22)(H2,19,20,21,23)/t15-/m0/s1. The molecule has 23 heavy (non-hydrogen) atoms. The molecule has 122 valence electrons. The van der Waals surface area contributed by atoms with Gasteiger partial charge in [-0.2, -0.15) is 0 Å². The Balaban J connectivity index is 2.27. The van der Waals surface area contributed by atoms with Crippen molar-refractivity contribution in [1.29, 1.82) is 0 Å². The number of primary amides is 1. The first kappa shape index (κ1) is 16.7. The number of hydrogen-bond donors (Lipinski definition) is 3. The fourth-order valence-electron chi connectivity index (χ4n) is 2.38. The van der Waals surface area contributed by atoms with Gasteiger partial charge in [-0.3, -0.25) is 9.78 Å². The van der Waals surface area contributed by atoms with E-state index in [2.05, 4.69) is 15.6 Å². The number of nitrogens with two attached hydrogens (primary N) is 1. The fraction of sp³-hybridized carbons (Fsp3) is 0.353. The fourth-order valence-corrected chi connectivity index (χ4v) is 2.38. The molecule has 6 nitrogen and oxygen atoms in total. The van der Waals surface area contributed by atoms with Crippen molar-refractivity contribution in [3.63, 3.8) is 0 Å². The molecule has 2 rings (SSSR count). The van der Waals surface area contributed by atoms with Gasteiger partial charge in [0.05, 0.1) is 11.2 Å². The minimum atomic E-state index is -0.714. The smallest absolute Gasteiger partial charge is 0.319 e. The van der Waals surface area contributed by atoms with E-state index in [1.54, 1.807) is 0 Å². The van der Waals surface area contributed by atoms with Crippen LogP contribution in [0.3, 0.4) is 0 Å². The van der Waals surface area contributed by atoms with Crippen LogP contribution in [0, 0.1) is 5.92 Å². The number of carbonyl (C=O) groups is 2. The van der Waals surface area contributed by atoms with Gasteiger partial charge in [0.25, 0.3) is 0 Å². The summed E-state index contributed by atoms with van der Waals surface area (Å²) in [5.41, 5.74) is 7.69. The number of hydrogen-bond acceptors (Lipinski definition) is 3. The van der Waals surface area contributed by atoms with Crippen molar-refractivity contribution in [1.82, 2.24) is 10.3 Å². The summed E-state index contributed by atoms with van der Waals surface area (Å²) in [6.07, 6.45) is 0.761. The molecule has 0 bridgehead atoms. The number of urea groups is 1. The van der Waals surface area contributed by atoms with Crippen molar-refractivity contribution in [3.05, 3.63) is 36.0 Å². The maximum absolute atomic E-state index is 12.2. The normalized spacial score (nSPS) is 12.2. The van der Waals surface area contributed by atoms with Crippen LogP contribution in [-0.4, -0.2) is 23.0 Å². The highest BCUT2D eigenvalue weighted by atomic mass is 16.2. The van der Waals surface area contributed by atoms with Crippen molar-refractivity contribution >= 4 is 28.5 Å². The zero-order chi connectivity index (χ0) is 17.0. The van der Waals surface area contributed by atoms with Crippen LogP contribution in [0.4, 0.5) is 10.5 Å². The Hall–Kier alpha value is -2.63. The summed E-state index contributed by atoms with van der Waals surface area (Å²) in [7, 11) is 0. The van der Waals surface area contributed by atoms with Gasteiger partial charge < -0.3 is 16.4 Å². The molecular formula is C17H22N4O2. The number of pyridine rings is 1. The maximum Gasteiger partial charge on any atom is 0.319 e. The van der Waals surface area contributed by atoms with Crippen molar-refractivity contribution in [3.8, 4) is 0 Å². The van der Waals surface area contributed by atoms with Crippen LogP contribution in [0.25, 0.3) is 10.9 Å². The molecule has 0 spiro atoms. The highest BCUT2D eigenvalue weighted by molar-refractivity contribution is 6.01. The van der Waals surface area contributed by atoms with E-state index in [0.717, 1.165) is 23.0 Å². The minimum Gasteiger partial charge on any atom is -0.368 e. The van der Waals surface area contributed by atoms with Crippen molar-refractivity contribution in [2.45, 2.75) is 33.2 Å². The number of anilines is 1. The number of carbonyl (C=O) groups excluding carboxylic acids is 2. The third-order valence-corrected chi connectivity index (χ3v) is 3.64. The number of para-hydroxylation sites is 1. The number of nitrogens with zero attached hydrogens (tertiary/aromatic N) is 1. The molecule has 1 aromatic carbocycles.